The molecule has 28 heavy (non-hydrogen) atoms. The summed E-state index contributed by atoms with van der Waals surface area (Å²) in [6, 6.07) is 5.43. The van der Waals surface area contributed by atoms with Gasteiger partial charge in [0.25, 0.3) is 5.91 Å². The normalized spacial score (nSPS) is 19.6. The van der Waals surface area contributed by atoms with Gasteiger partial charge in [0.05, 0.1) is 4.90 Å². The molecule has 9 heteroatoms. The van der Waals surface area contributed by atoms with Crippen LogP contribution >= 0.6 is 0 Å². The minimum absolute atomic E-state index is 0.0747. The minimum atomic E-state index is -3.93. The van der Waals surface area contributed by atoms with E-state index in [1.807, 2.05) is 0 Å². The maximum absolute atomic E-state index is 12.2. The molecule has 0 aromatic heterocycles. The van der Waals surface area contributed by atoms with E-state index in [1.54, 1.807) is 0 Å². The molecule has 0 saturated heterocycles. The van der Waals surface area contributed by atoms with Crippen molar-refractivity contribution in [1.82, 2.24) is 10.0 Å². The Morgan fingerprint density at radius 2 is 1.75 bits per heavy atom. The molecule has 1 aromatic rings. The summed E-state index contributed by atoms with van der Waals surface area (Å²) in [5.74, 6) is -1.04. The highest BCUT2D eigenvalue weighted by atomic mass is 32.2. The van der Waals surface area contributed by atoms with Crippen LogP contribution in [-0.2, 0) is 24.3 Å². The number of benzene rings is 1. The quantitative estimate of drug-likeness (QED) is 0.494. The Balaban J connectivity index is 1.77. The molecule has 1 saturated carbocycles. The molecule has 8 nitrogen and oxygen atoms in total. The number of hydrogen-bond donors (Lipinski definition) is 2. The van der Waals surface area contributed by atoms with E-state index < -0.39 is 35.1 Å². The van der Waals surface area contributed by atoms with Crippen LogP contribution in [0.1, 0.15) is 49.9 Å². The van der Waals surface area contributed by atoms with Crippen molar-refractivity contribution in [3.63, 3.8) is 0 Å². The van der Waals surface area contributed by atoms with Crippen LogP contribution in [0.2, 0.25) is 0 Å². The average Bonchev–Trinajstić information content (AvgIpc) is 2.66. The van der Waals surface area contributed by atoms with Crippen LogP contribution in [0, 0.1) is 5.92 Å². The summed E-state index contributed by atoms with van der Waals surface area (Å²) in [6.07, 6.45) is 4.17. The molecule has 2 atom stereocenters. The molecule has 1 amide bonds. The molecule has 0 bridgehead atoms. The number of sulfonamides is 1. The number of carbonyl (C=O) groups is 3. The number of carbonyl (C=O) groups excluding carboxylic acids is 3. The Bertz CT molecular complexity index is 819. The molecule has 2 rings (SSSR count). The van der Waals surface area contributed by atoms with Gasteiger partial charge in [0.2, 0.25) is 10.0 Å². The smallest absolute Gasteiger partial charge is 0.321 e. The van der Waals surface area contributed by atoms with Gasteiger partial charge in [0.1, 0.15) is 6.54 Å². The van der Waals surface area contributed by atoms with E-state index in [0.717, 1.165) is 25.7 Å². The zero-order chi connectivity index (χ0) is 20.7. The molecule has 0 unspecified atom stereocenters. The zero-order valence-corrected chi connectivity index (χ0v) is 16.9. The Morgan fingerprint density at radius 3 is 2.36 bits per heavy atom. The highest BCUT2D eigenvalue weighted by molar-refractivity contribution is 7.89. The average molecular weight is 410 g/mol. The number of amides is 1. The summed E-state index contributed by atoms with van der Waals surface area (Å²) >= 11 is 0. The van der Waals surface area contributed by atoms with Crippen molar-refractivity contribution in [2.75, 3.05) is 13.2 Å². The maximum atomic E-state index is 12.2. The van der Waals surface area contributed by atoms with Gasteiger partial charge in [0, 0.05) is 11.6 Å². The van der Waals surface area contributed by atoms with Crippen LogP contribution in [0.15, 0.2) is 29.2 Å². The minimum Gasteiger partial charge on any atom is -0.455 e. The Labute approximate surface area is 165 Å². The van der Waals surface area contributed by atoms with Crippen LogP contribution < -0.4 is 10.0 Å². The van der Waals surface area contributed by atoms with Gasteiger partial charge in [-0.25, -0.2) is 8.42 Å². The van der Waals surface area contributed by atoms with Gasteiger partial charge in [-0.2, -0.15) is 4.72 Å². The van der Waals surface area contributed by atoms with E-state index in [-0.39, 0.29) is 16.7 Å². The highest BCUT2D eigenvalue weighted by Gasteiger charge is 2.23. The fraction of sp³-hybridized carbons (Fsp3) is 0.526. The molecule has 0 heterocycles. The molecule has 0 radical (unpaired) electrons. The van der Waals surface area contributed by atoms with Crippen molar-refractivity contribution in [3.8, 4) is 0 Å². The lowest BCUT2D eigenvalue weighted by Crippen LogP contribution is -2.43. The predicted octanol–water partition coefficient (Wildman–Crippen LogP) is 1.41. The van der Waals surface area contributed by atoms with Crippen molar-refractivity contribution in [1.29, 1.82) is 0 Å². The van der Waals surface area contributed by atoms with E-state index in [4.69, 9.17) is 4.74 Å². The number of ether oxygens (including phenoxy) is 1. The van der Waals surface area contributed by atoms with Crippen LogP contribution in [0.5, 0.6) is 0 Å². The first-order valence-corrected chi connectivity index (χ1v) is 10.7. The molecule has 2 N–H and O–H groups in total. The first-order chi connectivity index (χ1) is 13.2. The molecule has 154 valence electrons. The summed E-state index contributed by atoms with van der Waals surface area (Å²) in [4.78, 5) is 34.8. The lowest BCUT2D eigenvalue weighted by molar-refractivity contribution is -0.147. The number of nitrogens with one attached hydrogen (secondary N) is 2. The standard InChI is InChI=1S/C19H26N2O6S/c1-13-5-3-4-6-17(13)21-18(23)12-27-19(24)11-20-28(25,26)16-9-7-15(8-10-16)14(2)22/h7-10,13,17,20H,3-6,11-12H2,1-2H3,(H,21,23)/t13-,17+/m0/s1. The Hall–Kier alpha value is -2.26. The maximum Gasteiger partial charge on any atom is 0.321 e. The van der Waals surface area contributed by atoms with E-state index in [2.05, 4.69) is 17.0 Å². The second kappa shape index (κ2) is 9.79. The largest absolute Gasteiger partial charge is 0.455 e. The predicted molar refractivity (Wildman–Crippen MR) is 102 cm³/mol. The zero-order valence-electron chi connectivity index (χ0n) is 16.1. The Kier molecular flexibility index (Phi) is 7.70. The van der Waals surface area contributed by atoms with Crippen LogP contribution in [-0.4, -0.2) is 45.3 Å². The summed E-state index contributed by atoms with van der Waals surface area (Å²) < 4.78 is 31.3. The van der Waals surface area contributed by atoms with Crippen molar-refractivity contribution in [2.45, 2.75) is 50.5 Å². The molecular weight excluding hydrogens is 384 g/mol. The second-order valence-corrected chi connectivity index (χ2v) is 8.77. The first-order valence-electron chi connectivity index (χ1n) is 9.24. The summed E-state index contributed by atoms with van der Waals surface area (Å²) in [6.45, 7) is 2.41. The fourth-order valence-corrected chi connectivity index (χ4v) is 4.05. The Morgan fingerprint density at radius 1 is 1.11 bits per heavy atom. The van der Waals surface area contributed by atoms with E-state index in [1.165, 1.54) is 31.2 Å². The summed E-state index contributed by atoms with van der Waals surface area (Å²) in [5.41, 5.74) is 0.386. The van der Waals surface area contributed by atoms with Gasteiger partial charge in [-0.3, -0.25) is 14.4 Å². The lowest BCUT2D eigenvalue weighted by atomic mass is 9.86. The number of ketones is 1. The third-order valence-electron chi connectivity index (χ3n) is 4.80. The summed E-state index contributed by atoms with van der Waals surface area (Å²) in [7, 11) is -3.93. The molecule has 0 aliphatic heterocycles. The topological polar surface area (TPSA) is 119 Å². The molecule has 1 aromatic carbocycles. The summed E-state index contributed by atoms with van der Waals surface area (Å²) in [5, 5.41) is 2.85. The highest BCUT2D eigenvalue weighted by Crippen LogP contribution is 2.23. The second-order valence-electron chi connectivity index (χ2n) is 7.00. The first kappa shape index (κ1) is 22.0. The van der Waals surface area contributed by atoms with Gasteiger partial charge in [-0.05, 0) is 37.8 Å². The van der Waals surface area contributed by atoms with Gasteiger partial charge in [-0.15, -0.1) is 0 Å². The number of rotatable bonds is 8. The molecule has 0 spiro atoms. The fourth-order valence-electron chi connectivity index (χ4n) is 3.08. The van der Waals surface area contributed by atoms with Crippen molar-refractivity contribution in [2.24, 2.45) is 5.92 Å². The van der Waals surface area contributed by atoms with Crippen molar-refractivity contribution < 1.29 is 27.5 Å². The van der Waals surface area contributed by atoms with Gasteiger partial charge < -0.3 is 10.1 Å². The van der Waals surface area contributed by atoms with Crippen LogP contribution in [0.3, 0.4) is 0 Å². The van der Waals surface area contributed by atoms with Crippen molar-refractivity contribution in [3.05, 3.63) is 29.8 Å². The van der Waals surface area contributed by atoms with Crippen LogP contribution in [0.4, 0.5) is 0 Å². The van der Waals surface area contributed by atoms with E-state index in [9.17, 15) is 22.8 Å². The third kappa shape index (κ3) is 6.42. The molecule has 1 fully saturated rings. The van der Waals surface area contributed by atoms with Crippen LogP contribution in [0.25, 0.3) is 0 Å². The number of esters is 1. The molecule has 1 aliphatic rings. The van der Waals surface area contributed by atoms with E-state index >= 15 is 0 Å². The SMILES string of the molecule is CC(=O)c1ccc(S(=O)(=O)NCC(=O)OCC(=O)N[C@@H]2CCCC[C@@H]2C)cc1. The van der Waals surface area contributed by atoms with Gasteiger partial charge >= 0.3 is 5.97 Å². The van der Waals surface area contributed by atoms with Gasteiger partial charge in [0.15, 0.2) is 12.4 Å². The monoisotopic (exact) mass is 410 g/mol. The molecular formula is C19H26N2O6S. The van der Waals surface area contributed by atoms with Crippen molar-refractivity contribution >= 4 is 27.7 Å². The van der Waals surface area contributed by atoms with E-state index in [0.29, 0.717) is 11.5 Å². The van der Waals surface area contributed by atoms with Gasteiger partial charge in [-0.1, -0.05) is 31.9 Å². The molecule has 1 aliphatic carbocycles. The third-order valence-corrected chi connectivity index (χ3v) is 6.22. The number of hydrogen-bond acceptors (Lipinski definition) is 6. The lowest BCUT2D eigenvalue weighted by Gasteiger charge is -2.29. The number of Topliss-reactive ketones (excluding diaryl/α,β-unsaturated/α-hetero) is 1.